The summed E-state index contributed by atoms with van der Waals surface area (Å²) in [5, 5.41) is 0. The first-order valence-corrected chi connectivity index (χ1v) is 12.3. The van der Waals surface area contributed by atoms with Gasteiger partial charge < -0.3 is 9.47 Å². The number of hydrogen-bond acceptors (Lipinski definition) is 3. The van der Waals surface area contributed by atoms with Crippen LogP contribution < -0.4 is 4.90 Å². The Balaban J connectivity index is 2.01. The van der Waals surface area contributed by atoms with Gasteiger partial charge in [-0.3, -0.25) is 9.69 Å². The van der Waals surface area contributed by atoms with Crippen LogP contribution in [0.1, 0.15) is 64.8 Å². The number of halogens is 1. The summed E-state index contributed by atoms with van der Waals surface area (Å²) in [6.07, 6.45) is 3.26. The van der Waals surface area contributed by atoms with Crippen molar-refractivity contribution in [2.24, 2.45) is 0 Å². The quantitative estimate of drug-likeness (QED) is 0.331. The van der Waals surface area contributed by atoms with Gasteiger partial charge in [0.05, 0.1) is 17.6 Å². The van der Waals surface area contributed by atoms with E-state index in [1.807, 2.05) is 6.92 Å². The fourth-order valence-electron chi connectivity index (χ4n) is 4.17. The molecule has 0 saturated heterocycles. The number of nitrogens with zero attached hydrogens (tertiary/aromatic N) is 4. The number of unbranched alkanes of at least 4 members (excludes halogenated alkanes) is 1. The van der Waals surface area contributed by atoms with Crippen LogP contribution >= 0.6 is 0 Å². The molecule has 5 nitrogen and oxygen atoms in total. The largest absolute Gasteiger partial charge is 0.326 e. The van der Waals surface area contributed by atoms with Gasteiger partial charge in [0.15, 0.2) is 0 Å². The second-order valence-electron chi connectivity index (χ2n) is 8.53. The molecule has 3 rings (SSSR count). The summed E-state index contributed by atoms with van der Waals surface area (Å²) >= 11 is 0. The van der Waals surface area contributed by atoms with Gasteiger partial charge in [0.1, 0.15) is 11.6 Å². The van der Waals surface area contributed by atoms with Gasteiger partial charge in [-0.2, -0.15) is 0 Å². The highest BCUT2D eigenvalue weighted by atomic mass is 19.1. The van der Waals surface area contributed by atoms with Crippen LogP contribution in [0.25, 0.3) is 11.0 Å². The van der Waals surface area contributed by atoms with Crippen molar-refractivity contribution in [1.82, 2.24) is 14.5 Å². The number of carbonyl (C=O) groups excluding carboxylic acids is 1. The Labute approximate surface area is 197 Å². The molecule has 0 N–H and O–H groups in total. The number of amides is 1. The van der Waals surface area contributed by atoms with Crippen LogP contribution in [-0.2, 0) is 24.4 Å². The van der Waals surface area contributed by atoms with Crippen molar-refractivity contribution in [1.29, 1.82) is 0 Å². The first kappa shape index (κ1) is 24.9. The lowest BCUT2D eigenvalue weighted by Gasteiger charge is -2.23. The first-order chi connectivity index (χ1) is 16.0. The number of anilines is 1. The van der Waals surface area contributed by atoms with Gasteiger partial charge in [-0.25, -0.2) is 9.37 Å². The molecule has 0 fully saturated rings. The highest BCUT2D eigenvalue weighted by Gasteiger charge is 2.20. The van der Waals surface area contributed by atoms with E-state index in [2.05, 4.69) is 48.4 Å². The van der Waals surface area contributed by atoms with Gasteiger partial charge in [-0.1, -0.05) is 46.2 Å². The molecule has 1 heterocycles. The zero-order valence-corrected chi connectivity index (χ0v) is 20.5. The number of hydrogen-bond donors (Lipinski definition) is 0. The Morgan fingerprint density at radius 1 is 1.00 bits per heavy atom. The summed E-state index contributed by atoms with van der Waals surface area (Å²) in [7, 11) is 0. The first-order valence-electron chi connectivity index (χ1n) is 12.3. The van der Waals surface area contributed by atoms with Gasteiger partial charge in [0, 0.05) is 25.2 Å². The van der Waals surface area contributed by atoms with E-state index in [0.717, 1.165) is 62.3 Å². The van der Waals surface area contributed by atoms with Gasteiger partial charge >= 0.3 is 0 Å². The van der Waals surface area contributed by atoms with Crippen molar-refractivity contribution < 1.29 is 9.18 Å². The minimum absolute atomic E-state index is 0.0144. The maximum Gasteiger partial charge on any atom is 0.227 e. The highest BCUT2D eigenvalue weighted by Crippen LogP contribution is 2.24. The lowest BCUT2D eigenvalue weighted by atomic mass is 10.2. The Hall–Kier alpha value is -2.73. The van der Waals surface area contributed by atoms with Gasteiger partial charge in [0.25, 0.3) is 0 Å². The van der Waals surface area contributed by atoms with E-state index in [9.17, 15) is 9.18 Å². The van der Waals surface area contributed by atoms with Crippen molar-refractivity contribution in [3.05, 3.63) is 59.7 Å². The van der Waals surface area contributed by atoms with Crippen LogP contribution in [-0.4, -0.2) is 33.4 Å². The summed E-state index contributed by atoms with van der Waals surface area (Å²) in [6, 6.07) is 12.8. The highest BCUT2D eigenvalue weighted by molar-refractivity contribution is 5.93. The molecule has 0 aliphatic rings. The molecule has 0 aliphatic carbocycles. The predicted octanol–water partition coefficient (Wildman–Crippen LogP) is 6.15. The van der Waals surface area contributed by atoms with Crippen LogP contribution in [0.2, 0.25) is 0 Å². The molecule has 2 aromatic carbocycles. The molecule has 3 aromatic rings. The number of imidazole rings is 1. The summed E-state index contributed by atoms with van der Waals surface area (Å²) in [4.78, 5) is 22.0. The topological polar surface area (TPSA) is 41.4 Å². The number of fused-ring (bicyclic) bond motifs is 1. The lowest BCUT2D eigenvalue weighted by molar-refractivity contribution is -0.118. The molecular formula is C27H37FN4O. The standard InChI is InChI=1S/C27H37FN4O/c1-5-9-16-31-25-15-14-21(19-30(7-3)8-4)17-24(25)29-26(31)20-32(27(33)11-6-2)23-13-10-12-22(28)18-23/h10,12-15,17-18H,5-9,11,16,19-20H2,1-4H3. The van der Waals surface area contributed by atoms with Crippen LogP contribution in [0.3, 0.4) is 0 Å². The fraction of sp³-hybridized carbons (Fsp3) is 0.481. The summed E-state index contributed by atoms with van der Waals surface area (Å²) in [5.41, 5.74) is 3.85. The molecule has 6 heteroatoms. The minimum atomic E-state index is -0.345. The summed E-state index contributed by atoms with van der Waals surface area (Å²) < 4.78 is 16.2. The van der Waals surface area contributed by atoms with E-state index >= 15 is 0 Å². The van der Waals surface area contributed by atoms with Crippen molar-refractivity contribution in [3.8, 4) is 0 Å². The van der Waals surface area contributed by atoms with Gasteiger partial charge in [0.2, 0.25) is 5.91 Å². The number of aromatic nitrogens is 2. The Kier molecular flexibility index (Phi) is 9.01. The van der Waals surface area contributed by atoms with Crippen molar-refractivity contribution >= 4 is 22.6 Å². The average Bonchev–Trinajstić information content (AvgIpc) is 3.15. The molecule has 33 heavy (non-hydrogen) atoms. The molecule has 0 saturated carbocycles. The van der Waals surface area contributed by atoms with Gasteiger partial charge in [-0.05, 0) is 61.8 Å². The Morgan fingerprint density at radius 2 is 1.79 bits per heavy atom. The van der Waals surface area contributed by atoms with E-state index < -0.39 is 0 Å². The van der Waals surface area contributed by atoms with Crippen LogP contribution in [0.5, 0.6) is 0 Å². The number of benzene rings is 2. The molecule has 0 aliphatic heterocycles. The second-order valence-corrected chi connectivity index (χ2v) is 8.53. The molecule has 1 amide bonds. The molecular weight excluding hydrogens is 415 g/mol. The Bertz CT molecular complexity index is 1060. The van der Waals surface area contributed by atoms with E-state index in [-0.39, 0.29) is 11.7 Å². The molecule has 0 unspecified atom stereocenters. The Morgan fingerprint density at radius 3 is 2.45 bits per heavy atom. The second kappa shape index (κ2) is 11.9. The molecule has 0 bridgehead atoms. The van der Waals surface area contributed by atoms with Gasteiger partial charge in [-0.15, -0.1) is 0 Å². The van der Waals surface area contributed by atoms with Crippen molar-refractivity contribution in [2.45, 2.75) is 73.0 Å². The van der Waals surface area contributed by atoms with E-state index in [0.29, 0.717) is 18.7 Å². The molecule has 0 radical (unpaired) electrons. The van der Waals surface area contributed by atoms with Crippen molar-refractivity contribution in [3.63, 3.8) is 0 Å². The molecule has 0 atom stereocenters. The van der Waals surface area contributed by atoms with Crippen molar-refractivity contribution in [2.75, 3.05) is 18.0 Å². The normalized spacial score (nSPS) is 11.5. The predicted molar refractivity (Wildman–Crippen MR) is 134 cm³/mol. The van der Waals surface area contributed by atoms with E-state index in [4.69, 9.17) is 4.98 Å². The third-order valence-corrected chi connectivity index (χ3v) is 6.11. The maximum atomic E-state index is 14.0. The zero-order valence-electron chi connectivity index (χ0n) is 20.5. The average molecular weight is 453 g/mol. The molecule has 178 valence electrons. The van der Waals surface area contributed by atoms with Crippen LogP contribution in [0.4, 0.5) is 10.1 Å². The number of aryl methyl sites for hydroxylation is 1. The third kappa shape index (κ3) is 6.20. The summed E-state index contributed by atoms with van der Waals surface area (Å²) in [6.45, 7) is 12.6. The maximum absolute atomic E-state index is 14.0. The monoisotopic (exact) mass is 452 g/mol. The molecule has 0 spiro atoms. The molecule has 1 aromatic heterocycles. The fourth-order valence-corrected chi connectivity index (χ4v) is 4.17. The minimum Gasteiger partial charge on any atom is -0.326 e. The number of rotatable bonds is 12. The SMILES string of the molecule is CCCCn1c(CN(C(=O)CCC)c2cccc(F)c2)nc2cc(CN(CC)CC)ccc21. The zero-order chi connectivity index (χ0) is 23.8. The number of carbonyl (C=O) groups is 1. The van der Waals surface area contributed by atoms with E-state index in [1.165, 1.54) is 17.7 Å². The third-order valence-electron chi connectivity index (χ3n) is 6.11. The smallest absolute Gasteiger partial charge is 0.227 e. The van der Waals surface area contributed by atoms with Crippen LogP contribution in [0, 0.1) is 5.82 Å². The van der Waals surface area contributed by atoms with Crippen LogP contribution in [0.15, 0.2) is 42.5 Å². The van der Waals surface area contributed by atoms with E-state index in [1.54, 1.807) is 17.0 Å². The summed E-state index contributed by atoms with van der Waals surface area (Å²) in [5.74, 6) is 0.480. The lowest BCUT2D eigenvalue weighted by Crippen LogP contribution is -2.31.